The molecular formula is C17H29NO2. The molecule has 0 aliphatic rings. The highest BCUT2D eigenvalue weighted by Gasteiger charge is 2.10. The molecule has 0 aromatic heterocycles. The molecule has 20 heavy (non-hydrogen) atoms. The van der Waals surface area contributed by atoms with Crippen molar-refractivity contribution >= 4 is 0 Å². The van der Waals surface area contributed by atoms with Gasteiger partial charge >= 0.3 is 0 Å². The molecule has 1 unspecified atom stereocenters. The maximum absolute atomic E-state index is 5.68. The van der Waals surface area contributed by atoms with Crippen LogP contribution in [-0.4, -0.2) is 25.9 Å². The van der Waals surface area contributed by atoms with Crippen LogP contribution in [0, 0.1) is 0 Å². The lowest BCUT2D eigenvalue weighted by atomic mass is 10.0. The Balaban J connectivity index is 2.63. The van der Waals surface area contributed by atoms with Crippen LogP contribution in [0.15, 0.2) is 24.3 Å². The minimum Gasteiger partial charge on any atom is -0.491 e. The van der Waals surface area contributed by atoms with E-state index in [1.807, 2.05) is 20.8 Å². The average molecular weight is 279 g/mol. The van der Waals surface area contributed by atoms with Crippen molar-refractivity contribution in [1.82, 2.24) is 5.32 Å². The van der Waals surface area contributed by atoms with Crippen molar-refractivity contribution in [3.8, 4) is 5.75 Å². The third kappa shape index (κ3) is 6.40. The molecule has 0 bridgehead atoms. The van der Waals surface area contributed by atoms with Crippen LogP contribution in [-0.2, 0) is 4.74 Å². The summed E-state index contributed by atoms with van der Waals surface area (Å²) in [7, 11) is 0. The number of ether oxygens (including phenoxy) is 2. The zero-order valence-electron chi connectivity index (χ0n) is 13.3. The van der Waals surface area contributed by atoms with Crippen LogP contribution < -0.4 is 10.1 Å². The fourth-order valence-corrected chi connectivity index (χ4v) is 2.10. The normalized spacial score (nSPS) is 12.7. The second-order valence-corrected chi connectivity index (χ2v) is 5.23. The van der Waals surface area contributed by atoms with Gasteiger partial charge in [0.1, 0.15) is 5.75 Å². The summed E-state index contributed by atoms with van der Waals surface area (Å²) >= 11 is 0. The van der Waals surface area contributed by atoms with Gasteiger partial charge in [-0.1, -0.05) is 19.1 Å². The van der Waals surface area contributed by atoms with E-state index in [1.165, 1.54) is 5.56 Å². The molecule has 114 valence electrons. The molecule has 1 aromatic carbocycles. The van der Waals surface area contributed by atoms with Crippen LogP contribution in [0.25, 0.3) is 0 Å². The quantitative estimate of drug-likeness (QED) is 0.658. The molecule has 0 aliphatic carbocycles. The van der Waals surface area contributed by atoms with Crippen molar-refractivity contribution in [1.29, 1.82) is 0 Å². The molecular weight excluding hydrogens is 250 g/mol. The number of hydrogen-bond donors (Lipinski definition) is 1. The van der Waals surface area contributed by atoms with Gasteiger partial charge in [-0.3, -0.25) is 0 Å². The molecule has 0 aliphatic heterocycles. The predicted octanol–water partition coefficient (Wildman–Crippen LogP) is 3.94. The summed E-state index contributed by atoms with van der Waals surface area (Å²) in [5.41, 5.74) is 1.30. The van der Waals surface area contributed by atoms with Crippen molar-refractivity contribution in [2.45, 2.75) is 52.7 Å². The number of nitrogens with one attached hydrogen (secondary N) is 1. The fraction of sp³-hybridized carbons (Fsp3) is 0.647. The molecule has 3 heteroatoms. The minimum absolute atomic E-state index is 0.216. The molecule has 0 amide bonds. The van der Waals surface area contributed by atoms with Gasteiger partial charge in [0.25, 0.3) is 0 Å². The maximum atomic E-state index is 5.68. The van der Waals surface area contributed by atoms with E-state index < -0.39 is 0 Å². The van der Waals surface area contributed by atoms with Crippen LogP contribution in [0.1, 0.15) is 52.1 Å². The summed E-state index contributed by atoms with van der Waals surface area (Å²) in [6, 6.07) is 8.76. The van der Waals surface area contributed by atoms with Crippen molar-refractivity contribution in [3.05, 3.63) is 29.8 Å². The van der Waals surface area contributed by atoms with Crippen LogP contribution >= 0.6 is 0 Å². The van der Waals surface area contributed by atoms with Crippen molar-refractivity contribution in [2.75, 3.05) is 19.8 Å². The fourth-order valence-electron chi connectivity index (χ4n) is 2.10. The first-order valence-electron chi connectivity index (χ1n) is 7.75. The first-order chi connectivity index (χ1) is 9.67. The second kappa shape index (κ2) is 9.78. The Morgan fingerprint density at radius 3 is 2.35 bits per heavy atom. The van der Waals surface area contributed by atoms with Gasteiger partial charge in [0.15, 0.2) is 0 Å². The molecule has 0 saturated carbocycles. The van der Waals surface area contributed by atoms with E-state index in [9.17, 15) is 0 Å². The van der Waals surface area contributed by atoms with E-state index in [-0.39, 0.29) is 6.10 Å². The van der Waals surface area contributed by atoms with E-state index in [4.69, 9.17) is 9.47 Å². The largest absolute Gasteiger partial charge is 0.491 e. The smallest absolute Gasteiger partial charge is 0.119 e. The van der Waals surface area contributed by atoms with Crippen LogP contribution in [0.5, 0.6) is 5.75 Å². The van der Waals surface area contributed by atoms with E-state index in [0.717, 1.165) is 38.3 Å². The Labute approximate surface area is 123 Å². The Morgan fingerprint density at radius 1 is 1.10 bits per heavy atom. The SMILES string of the molecule is CCCNC(CCOCC)c1ccc(OC(C)C)cc1. The first kappa shape index (κ1) is 17.0. The van der Waals surface area contributed by atoms with Gasteiger partial charge in [-0.15, -0.1) is 0 Å². The zero-order valence-corrected chi connectivity index (χ0v) is 13.3. The highest BCUT2D eigenvalue weighted by atomic mass is 16.5. The van der Waals surface area contributed by atoms with Gasteiger partial charge in [-0.2, -0.15) is 0 Å². The van der Waals surface area contributed by atoms with Gasteiger partial charge in [0.2, 0.25) is 0 Å². The van der Waals surface area contributed by atoms with Crippen molar-refractivity contribution in [3.63, 3.8) is 0 Å². The van der Waals surface area contributed by atoms with E-state index in [1.54, 1.807) is 0 Å². The lowest BCUT2D eigenvalue weighted by molar-refractivity contribution is 0.136. The summed E-state index contributed by atoms with van der Waals surface area (Å²) in [5.74, 6) is 0.933. The van der Waals surface area contributed by atoms with Gasteiger partial charge in [0.05, 0.1) is 6.10 Å². The summed E-state index contributed by atoms with van der Waals surface area (Å²) < 4.78 is 11.2. The Morgan fingerprint density at radius 2 is 1.80 bits per heavy atom. The third-order valence-electron chi connectivity index (χ3n) is 3.05. The number of rotatable bonds is 10. The first-order valence-corrected chi connectivity index (χ1v) is 7.75. The van der Waals surface area contributed by atoms with Crippen LogP contribution in [0.2, 0.25) is 0 Å². The van der Waals surface area contributed by atoms with Crippen molar-refractivity contribution in [2.24, 2.45) is 0 Å². The predicted molar refractivity (Wildman–Crippen MR) is 84.4 cm³/mol. The van der Waals surface area contributed by atoms with Crippen LogP contribution in [0.3, 0.4) is 0 Å². The lowest BCUT2D eigenvalue weighted by Crippen LogP contribution is -2.23. The molecule has 1 rings (SSSR count). The number of benzene rings is 1. The topological polar surface area (TPSA) is 30.5 Å². The molecule has 1 aromatic rings. The van der Waals surface area contributed by atoms with Gasteiger partial charge in [-0.05, 0) is 57.9 Å². The Hall–Kier alpha value is -1.06. The van der Waals surface area contributed by atoms with E-state index >= 15 is 0 Å². The summed E-state index contributed by atoms with van der Waals surface area (Å²) in [6.45, 7) is 10.9. The molecule has 0 spiro atoms. The Kier molecular flexibility index (Phi) is 8.31. The standard InChI is InChI=1S/C17H29NO2/c1-5-12-18-17(11-13-19-6-2)15-7-9-16(10-8-15)20-14(3)4/h7-10,14,17-18H,5-6,11-13H2,1-4H3. The molecule has 1 atom stereocenters. The van der Waals surface area contributed by atoms with E-state index in [2.05, 4.69) is 36.5 Å². The van der Waals surface area contributed by atoms with Gasteiger partial charge < -0.3 is 14.8 Å². The van der Waals surface area contributed by atoms with Gasteiger partial charge in [-0.25, -0.2) is 0 Å². The molecule has 3 nitrogen and oxygen atoms in total. The zero-order chi connectivity index (χ0) is 14.8. The number of hydrogen-bond acceptors (Lipinski definition) is 3. The minimum atomic E-state index is 0.216. The molecule has 0 radical (unpaired) electrons. The monoisotopic (exact) mass is 279 g/mol. The van der Waals surface area contributed by atoms with Crippen molar-refractivity contribution < 1.29 is 9.47 Å². The molecule has 0 fully saturated rings. The second-order valence-electron chi connectivity index (χ2n) is 5.23. The maximum Gasteiger partial charge on any atom is 0.119 e. The highest BCUT2D eigenvalue weighted by Crippen LogP contribution is 2.21. The molecule has 1 N–H and O–H groups in total. The van der Waals surface area contributed by atoms with Crippen LogP contribution in [0.4, 0.5) is 0 Å². The summed E-state index contributed by atoms with van der Waals surface area (Å²) in [6.07, 6.45) is 2.35. The third-order valence-corrected chi connectivity index (χ3v) is 3.05. The Bertz CT molecular complexity index is 349. The highest BCUT2D eigenvalue weighted by molar-refractivity contribution is 5.29. The summed E-state index contributed by atoms with van der Waals surface area (Å²) in [5, 5.41) is 3.58. The van der Waals surface area contributed by atoms with Gasteiger partial charge in [0, 0.05) is 19.3 Å². The molecule has 0 saturated heterocycles. The lowest BCUT2D eigenvalue weighted by Gasteiger charge is -2.19. The average Bonchev–Trinajstić information content (AvgIpc) is 2.43. The summed E-state index contributed by atoms with van der Waals surface area (Å²) in [4.78, 5) is 0. The van der Waals surface area contributed by atoms with E-state index in [0.29, 0.717) is 6.04 Å². The molecule has 0 heterocycles.